The van der Waals surface area contributed by atoms with Gasteiger partial charge in [0, 0.05) is 13.5 Å². The van der Waals surface area contributed by atoms with Gasteiger partial charge in [-0.25, -0.2) is 8.42 Å². The normalized spacial score (nSPS) is 26.7. The van der Waals surface area contributed by atoms with Gasteiger partial charge in [-0.2, -0.15) is 0 Å². The largest absolute Gasteiger partial charge is 0.284 e. The minimum absolute atomic E-state index is 0.223. The van der Waals surface area contributed by atoms with Crippen LogP contribution in [-0.4, -0.2) is 26.5 Å². The van der Waals surface area contributed by atoms with Gasteiger partial charge in [-0.05, 0) is 0 Å². The van der Waals surface area contributed by atoms with E-state index >= 15 is 0 Å². The second kappa shape index (κ2) is 2.34. The van der Waals surface area contributed by atoms with Gasteiger partial charge in [0.15, 0.2) is 0 Å². The quantitative estimate of drug-likeness (QED) is 0.508. The van der Waals surface area contributed by atoms with Gasteiger partial charge in [0.05, 0.1) is 11.5 Å². The van der Waals surface area contributed by atoms with Crippen molar-refractivity contribution in [3.05, 3.63) is 11.5 Å². The first kappa shape index (κ1) is 7.71. The molecular formula is C5H9NO3S. The lowest BCUT2D eigenvalue weighted by atomic mass is 10.4. The van der Waals surface area contributed by atoms with Crippen molar-refractivity contribution < 1.29 is 13.3 Å². The lowest BCUT2D eigenvalue weighted by Crippen LogP contribution is -2.33. The van der Waals surface area contributed by atoms with Crippen molar-refractivity contribution in [3.63, 3.8) is 0 Å². The molecule has 0 aliphatic carbocycles. The van der Waals surface area contributed by atoms with Crippen LogP contribution in [0.4, 0.5) is 0 Å². The Labute approximate surface area is 60.1 Å². The maximum Gasteiger partial charge on any atom is 0.260 e. The van der Waals surface area contributed by atoms with Crippen LogP contribution in [0.2, 0.25) is 0 Å². The summed E-state index contributed by atoms with van der Waals surface area (Å²) in [5.74, 6) is 0. The van der Waals surface area contributed by atoms with Gasteiger partial charge >= 0.3 is 0 Å². The minimum atomic E-state index is -3.32. The molecule has 10 heavy (non-hydrogen) atoms. The molecule has 0 bridgehead atoms. The third-order valence-electron chi connectivity index (χ3n) is 1.36. The van der Waals surface area contributed by atoms with Crippen LogP contribution in [0.1, 0.15) is 6.42 Å². The van der Waals surface area contributed by atoms with Crippen molar-refractivity contribution in [2.75, 3.05) is 13.7 Å². The Morgan fingerprint density at radius 2 is 2.30 bits per heavy atom. The molecule has 1 heterocycles. The molecule has 1 rings (SSSR count). The van der Waals surface area contributed by atoms with Gasteiger partial charge in [-0.3, -0.25) is 4.84 Å². The summed E-state index contributed by atoms with van der Waals surface area (Å²) in [5.41, 5.74) is 0. The van der Waals surface area contributed by atoms with Crippen molar-refractivity contribution in [3.8, 4) is 0 Å². The molecule has 0 radical (unpaired) electrons. The smallest absolute Gasteiger partial charge is 0.260 e. The second-order valence-electron chi connectivity index (χ2n) is 2.04. The lowest BCUT2D eigenvalue weighted by molar-refractivity contribution is -0.0690. The molecule has 1 aliphatic heterocycles. The summed E-state index contributed by atoms with van der Waals surface area (Å²) in [6.45, 7) is 3.81. The van der Waals surface area contributed by atoms with Crippen LogP contribution in [0.15, 0.2) is 11.5 Å². The molecule has 5 heteroatoms. The van der Waals surface area contributed by atoms with E-state index in [0.29, 0.717) is 13.0 Å². The van der Waals surface area contributed by atoms with Gasteiger partial charge in [0.2, 0.25) is 0 Å². The summed E-state index contributed by atoms with van der Waals surface area (Å²) in [5, 5.41) is 0. The van der Waals surface area contributed by atoms with E-state index < -0.39 is 10.0 Å². The van der Waals surface area contributed by atoms with Crippen molar-refractivity contribution in [2.24, 2.45) is 0 Å². The molecule has 0 spiro atoms. The minimum Gasteiger partial charge on any atom is -0.284 e. The van der Waals surface area contributed by atoms with Gasteiger partial charge < -0.3 is 0 Å². The topological polar surface area (TPSA) is 46.6 Å². The molecule has 0 amide bonds. The zero-order valence-corrected chi connectivity index (χ0v) is 6.52. The molecule has 1 aliphatic rings. The monoisotopic (exact) mass is 163 g/mol. The Bertz CT molecular complexity index is 244. The third-order valence-corrected chi connectivity index (χ3v) is 3.07. The van der Waals surface area contributed by atoms with Gasteiger partial charge in [-0.1, -0.05) is 11.0 Å². The fourth-order valence-corrected chi connectivity index (χ4v) is 1.59. The van der Waals surface area contributed by atoms with Crippen LogP contribution in [0.3, 0.4) is 0 Å². The van der Waals surface area contributed by atoms with Crippen LogP contribution in [0.5, 0.6) is 0 Å². The van der Waals surface area contributed by atoms with E-state index in [2.05, 4.69) is 6.58 Å². The number of hydrogen-bond donors (Lipinski definition) is 0. The summed E-state index contributed by atoms with van der Waals surface area (Å²) in [4.78, 5) is 4.97. The highest BCUT2D eigenvalue weighted by Crippen LogP contribution is 2.18. The Morgan fingerprint density at radius 1 is 1.70 bits per heavy atom. The highest BCUT2D eigenvalue weighted by molar-refractivity contribution is 7.92. The lowest BCUT2D eigenvalue weighted by Gasteiger charge is -2.22. The maximum atomic E-state index is 11.0. The van der Waals surface area contributed by atoms with Crippen molar-refractivity contribution in [1.29, 1.82) is 0 Å². The van der Waals surface area contributed by atoms with Crippen LogP contribution >= 0.6 is 0 Å². The van der Waals surface area contributed by atoms with Crippen molar-refractivity contribution in [2.45, 2.75) is 6.42 Å². The molecule has 0 aromatic heterocycles. The summed E-state index contributed by atoms with van der Waals surface area (Å²) in [7, 11) is -1.96. The zero-order chi connectivity index (χ0) is 7.78. The summed E-state index contributed by atoms with van der Waals surface area (Å²) < 4.78 is 22.9. The van der Waals surface area contributed by atoms with E-state index in [4.69, 9.17) is 4.84 Å². The first-order chi connectivity index (χ1) is 4.55. The molecule has 0 aromatic rings. The van der Waals surface area contributed by atoms with E-state index in [1.165, 1.54) is 7.05 Å². The summed E-state index contributed by atoms with van der Waals surface area (Å²) in [6, 6.07) is 0. The molecule has 4 nitrogen and oxygen atoms in total. The molecule has 0 N–H and O–H groups in total. The number of sulfonamides is 1. The van der Waals surface area contributed by atoms with Crippen molar-refractivity contribution >= 4 is 10.0 Å². The van der Waals surface area contributed by atoms with Crippen LogP contribution < -0.4 is 0 Å². The van der Waals surface area contributed by atoms with E-state index in [0.717, 1.165) is 4.47 Å². The maximum absolute atomic E-state index is 11.0. The average Bonchev–Trinajstić information content (AvgIpc) is 1.84. The molecule has 58 valence electrons. The van der Waals surface area contributed by atoms with Gasteiger partial charge in [-0.15, -0.1) is 0 Å². The van der Waals surface area contributed by atoms with Crippen molar-refractivity contribution in [1.82, 2.24) is 4.47 Å². The van der Waals surface area contributed by atoms with Crippen LogP contribution in [0.25, 0.3) is 0 Å². The molecule has 0 unspecified atom stereocenters. The summed E-state index contributed by atoms with van der Waals surface area (Å²) in [6.07, 6.45) is 0.396. The fraction of sp³-hybridized carbons (Fsp3) is 0.600. The van der Waals surface area contributed by atoms with Gasteiger partial charge in [0.25, 0.3) is 10.0 Å². The standard InChI is InChI=1S/C5H9NO3S/c1-5-3-4-9-6(2)10(5,7)8/h1,3-4H2,2H3. The average molecular weight is 163 g/mol. The fourth-order valence-electron chi connectivity index (χ4n) is 0.668. The molecule has 0 saturated carbocycles. The Balaban J connectivity index is 2.96. The third kappa shape index (κ3) is 1.07. The van der Waals surface area contributed by atoms with E-state index in [9.17, 15) is 8.42 Å². The first-order valence-electron chi connectivity index (χ1n) is 2.85. The molecular weight excluding hydrogens is 154 g/mol. The molecule has 1 fully saturated rings. The molecule has 0 aromatic carbocycles. The number of hydrogen-bond acceptors (Lipinski definition) is 3. The zero-order valence-electron chi connectivity index (χ0n) is 5.70. The van der Waals surface area contributed by atoms with E-state index in [1.54, 1.807) is 0 Å². The second-order valence-corrected chi connectivity index (χ2v) is 4.08. The predicted molar refractivity (Wildman–Crippen MR) is 36.4 cm³/mol. The number of hydroxylamine groups is 1. The highest BCUT2D eigenvalue weighted by Gasteiger charge is 2.26. The predicted octanol–water partition coefficient (Wildman–Crippen LogP) is 0.0970. The van der Waals surface area contributed by atoms with Crippen LogP contribution in [0, 0.1) is 0 Å². The van der Waals surface area contributed by atoms with E-state index in [-0.39, 0.29) is 4.91 Å². The highest BCUT2D eigenvalue weighted by atomic mass is 32.2. The Hall–Kier alpha value is -0.390. The molecule has 1 saturated heterocycles. The Morgan fingerprint density at radius 3 is 2.70 bits per heavy atom. The van der Waals surface area contributed by atoms with E-state index in [1.807, 2.05) is 0 Å². The van der Waals surface area contributed by atoms with Crippen LogP contribution in [-0.2, 0) is 14.9 Å². The number of rotatable bonds is 0. The first-order valence-corrected chi connectivity index (χ1v) is 4.29. The molecule has 0 atom stereocenters. The SMILES string of the molecule is C=C1CCON(C)S1(=O)=O. The summed E-state index contributed by atoms with van der Waals surface area (Å²) >= 11 is 0. The van der Waals surface area contributed by atoms with Gasteiger partial charge in [0.1, 0.15) is 0 Å². The number of nitrogens with zero attached hydrogens (tertiary/aromatic N) is 1. The Kier molecular flexibility index (Phi) is 1.80.